The first kappa shape index (κ1) is 12.5. The lowest BCUT2D eigenvalue weighted by Crippen LogP contribution is -2.16. The number of phenolic OH excluding ortho intramolecular Hbond substituents is 1. The standard InChI is InChI=1S/C14H13F2NO/c15-11-2-1-3-12(16)14(11)13(17)8-9-4-6-10(18)7-5-9/h1-7,13,18H,8,17H2. The molecule has 0 aliphatic carbocycles. The normalized spacial score (nSPS) is 12.4. The lowest BCUT2D eigenvalue weighted by Gasteiger charge is -2.14. The number of nitrogens with two attached hydrogens (primary N) is 1. The lowest BCUT2D eigenvalue weighted by atomic mass is 9.99. The molecule has 0 aliphatic heterocycles. The van der Waals surface area contributed by atoms with E-state index in [-0.39, 0.29) is 11.3 Å². The van der Waals surface area contributed by atoms with Gasteiger partial charge >= 0.3 is 0 Å². The smallest absolute Gasteiger partial charge is 0.130 e. The van der Waals surface area contributed by atoms with Gasteiger partial charge in [-0.25, -0.2) is 8.78 Å². The van der Waals surface area contributed by atoms with Crippen molar-refractivity contribution in [3.63, 3.8) is 0 Å². The van der Waals surface area contributed by atoms with Crippen LogP contribution in [-0.4, -0.2) is 5.11 Å². The summed E-state index contributed by atoms with van der Waals surface area (Å²) < 4.78 is 27.0. The van der Waals surface area contributed by atoms with E-state index in [2.05, 4.69) is 0 Å². The van der Waals surface area contributed by atoms with E-state index in [0.29, 0.717) is 6.42 Å². The van der Waals surface area contributed by atoms with Crippen molar-refractivity contribution in [2.24, 2.45) is 5.73 Å². The van der Waals surface area contributed by atoms with Gasteiger partial charge in [0.15, 0.2) is 0 Å². The molecular formula is C14H13F2NO. The molecule has 1 unspecified atom stereocenters. The Morgan fingerprint density at radius 2 is 1.56 bits per heavy atom. The summed E-state index contributed by atoms with van der Waals surface area (Å²) in [6, 6.07) is 9.31. The predicted octanol–water partition coefficient (Wildman–Crippen LogP) is 2.91. The molecule has 1 atom stereocenters. The maximum atomic E-state index is 13.5. The van der Waals surface area contributed by atoms with Crippen molar-refractivity contribution < 1.29 is 13.9 Å². The van der Waals surface area contributed by atoms with Gasteiger partial charge in [-0.15, -0.1) is 0 Å². The summed E-state index contributed by atoms with van der Waals surface area (Å²) in [5, 5.41) is 9.14. The van der Waals surface area contributed by atoms with E-state index in [1.165, 1.54) is 30.3 Å². The maximum absolute atomic E-state index is 13.5. The van der Waals surface area contributed by atoms with E-state index < -0.39 is 17.7 Å². The molecule has 0 aromatic heterocycles. The van der Waals surface area contributed by atoms with Crippen LogP contribution in [-0.2, 0) is 6.42 Å². The van der Waals surface area contributed by atoms with Crippen LogP contribution in [0.1, 0.15) is 17.2 Å². The Balaban J connectivity index is 2.22. The van der Waals surface area contributed by atoms with E-state index in [1.807, 2.05) is 0 Å². The zero-order chi connectivity index (χ0) is 13.1. The van der Waals surface area contributed by atoms with E-state index in [4.69, 9.17) is 10.8 Å². The van der Waals surface area contributed by atoms with E-state index in [9.17, 15) is 8.78 Å². The third kappa shape index (κ3) is 2.65. The Kier molecular flexibility index (Phi) is 3.58. The number of aromatic hydroxyl groups is 1. The largest absolute Gasteiger partial charge is 0.508 e. The Labute approximate surface area is 104 Å². The highest BCUT2D eigenvalue weighted by atomic mass is 19.1. The second-order valence-electron chi connectivity index (χ2n) is 4.11. The number of benzene rings is 2. The number of hydrogen-bond acceptors (Lipinski definition) is 2. The molecule has 2 rings (SSSR count). The van der Waals surface area contributed by atoms with Crippen molar-refractivity contribution in [1.29, 1.82) is 0 Å². The summed E-state index contributed by atoms with van der Waals surface area (Å²) in [5.41, 5.74) is 6.53. The van der Waals surface area contributed by atoms with Crippen LogP contribution in [0.4, 0.5) is 8.78 Å². The highest BCUT2D eigenvalue weighted by Crippen LogP contribution is 2.22. The number of phenols is 1. The minimum absolute atomic E-state index is 0.106. The third-order valence-corrected chi connectivity index (χ3v) is 2.76. The van der Waals surface area contributed by atoms with Gasteiger partial charge in [0.2, 0.25) is 0 Å². The zero-order valence-corrected chi connectivity index (χ0v) is 9.61. The molecule has 0 amide bonds. The molecule has 0 saturated heterocycles. The van der Waals surface area contributed by atoms with Gasteiger partial charge in [-0.3, -0.25) is 0 Å². The van der Waals surface area contributed by atoms with Gasteiger partial charge in [0.1, 0.15) is 17.4 Å². The van der Waals surface area contributed by atoms with Gasteiger partial charge < -0.3 is 10.8 Å². The number of hydrogen-bond donors (Lipinski definition) is 2. The molecule has 4 heteroatoms. The molecule has 2 aromatic rings. The van der Waals surface area contributed by atoms with Crippen molar-refractivity contribution in [3.8, 4) is 5.75 Å². The summed E-state index contributed by atoms with van der Waals surface area (Å²) in [7, 11) is 0. The molecule has 0 aliphatic rings. The highest BCUT2D eigenvalue weighted by molar-refractivity contribution is 5.29. The Morgan fingerprint density at radius 3 is 2.11 bits per heavy atom. The van der Waals surface area contributed by atoms with Gasteiger partial charge in [0, 0.05) is 11.6 Å². The Morgan fingerprint density at radius 1 is 1.00 bits per heavy atom. The van der Waals surface area contributed by atoms with Crippen molar-refractivity contribution in [1.82, 2.24) is 0 Å². The predicted molar refractivity (Wildman–Crippen MR) is 65.1 cm³/mol. The average molecular weight is 249 g/mol. The number of rotatable bonds is 3. The van der Waals surface area contributed by atoms with Crippen LogP contribution >= 0.6 is 0 Å². The molecule has 3 N–H and O–H groups in total. The van der Waals surface area contributed by atoms with Crippen molar-refractivity contribution in [3.05, 3.63) is 65.2 Å². The fraction of sp³-hybridized carbons (Fsp3) is 0.143. The van der Waals surface area contributed by atoms with Gasteiger partial charge in [0.05, 0.1) is 0 Å². The van der Waals surface area contributed by atoms with Gasteiger partial charge in [0.25, 0.3) is 0 Å². The lowest BCUT2D eigenvalue weighted by molar-refractivity contribution is 0.474. The Hall–Kier alpha value is -1.94. The summed E-state index contributed by atoms with van der Waals surface area (Å²) >= 11 is 0. The monoisotopic (exact) mass is 249 g/mol. The maximum Gasteiger partial charge on any atom is 0.130 e. The molecule has 0 radical (unpaired) electrons. The second-order valence-corrected chi connectivity index (χ2v) is 4.11. The molecule has 18 heavy (non-hydrogen) atoms. The van der Waals surface area contributed by atoms with Gasteiger partial charge in [-0.1, -0.05) is 18.2 Å². The van der Waals surface area contributed by atoms with Crippen LogP contribution in [0.25, 0.3) is 0 Å². The van der Waals surface area contributed by atoms with Crippen LogP contribution in [0.15, 0.2) is 42.5 Å². The van der Waals surface area contributed by atoms with Crippen LogP contribution in [0.5, 0.6) is 5.75 Å². The quantitative estimate of drug-likeness (QED) is 0.878. The van der Waals surface area contributed by atoms with Crippen LogP contribution < -0.4 is 5.73 Å². The van der Waals surface area contributed by atoms with E-state index >= 15 is 0 Å². The topological polar surface area (TPSA) is 46.2 Å². The summed E-state index contributed by atoms with van der Waals surface area (Å²) in [5.74, 6) is -1.13. The first-order chi connectivity index (χ1) is 8.58. The zero-order valence-electron chi connectivity index (χ0n) is 9.61. The molecule has 0 heterocycles. The molecule has 0 saturated carbocycles. The fourth-order valence-corrected chi connectivity index (χ4v) is 1.85. The average Bonchev–Trinajstić information content (AvgIpc) is 2.32. The molecule has 0 bridgehead atoms. The highest BCUT2D eigenvalue weighted by Gasteiger charge is 2.16. The van der Waals surface area contributed by atoms with Crippen molar-refractivity contribution in [2.75, 3.05) is 0 Å². The van der Waals surface area contributed by atoms with Gasteiger partial charge in [-0.2, -0.15) is 0 Å². The number of halogens is 2. The Bertz CT molecular complexity index is 520. The van der Waals surface area contributed by atoms with E-state index in [0.717, 1.165) is 5.56 Å². The van der Waals surface area contributed by atoms with Crippen molar-refractivity contribution >= 4 is 0 Å². The second kappa shape index (κ2) is 5.14. The molecule has 2 nitrogen and oxygen atoms in total. The van der Waals surface area contributed by atoms with Crippen LogP contribution in [0.2, 0.25) is 0 Å². The summed E-state index contributed by atoms with van der Waals surface area (Å²) in [6.45, 7) is 0. The minimum atomic E-state index is -0.754. The molecule has 0 spiro atoms. The van der Waals surface area contributed by atoms with Crippen LogP contribution in [0, 0.1) is 11.6 Å². The first-order valence-electron chi connectivity index (χ1n) is 5.55. The summed E-state index contributed by atoms with van der Waals surface area (Å²) in [4.78, 5) is 0. The molecule has 94 valence electrons. The molecular weight excluding hydrogens is 236 g/mol. The third-order valence-electron chi connectivity index (χ3n) is 2.76. The van der Waals surface area contributed by atoms with Gasteiger partial charge in [-0.05, 0) is 36.2 Å². The molecule has 0 fully saturated rings. The van der Waals surface area contributed by atoms with Crippen molar-refractivity contribution in [2.45, 2.75) is 12.5 Å². The van der Waals surface area contributed by atoms with E-state index in [1.54, 1.807) is 12.1 Å². The summed E-state index contributed by atoms with van der Waals surface area (Å²) in [6.07, 6.45) is 0.304. The molecule has 2 aromatic carbocycles. The van der Waals surface area contributed by atoms with Crippen LogP contribution in [0.3, 0.4) is 0 Å². The first-order valence-corrected chi connectivity index (χ1v) is 5.55. The SMILES string of the molecule is NC(Cc1ccc(O)cc1)c1c(F)cccc1F. The minimum Gasteiger partial charge on any atom is -0.508 e. The fourth-order valence-electron chi connectivity index (χ4n) is 1.85.